The fourth-order valence-electron chi connectivity index (χ4n) is 1.21. The quantitative estimate of drug-likeness (QED) is 0.448. The predicted molar refractivity (Wildman–Crippen MR) is 53.8 cm³/mol. The lowest BCUT2D eigenvalue weighted by molar-refractivity contribution is -0.139. The molecule has 2 N–H and O–H groups in total. The van der Waals surface area contributed by atoms with Gasteiger partial charge >= 0.3 is 5.97 Å². The molecule has 0 spiro atoms. The summed E-state index contributed by atoms with van der Waals surface area (Å²) in [5.74, 6) is -0.758. The van der Waals surface area contributed by atoms with Gasteiger partial charge in [0, 0.05) is 0 Å². The first-order chi connectivity index (χ1) is 6.22. The molecular weight excluding hydrogens is 166 g/mol. The zero-order chi connectivity index (χ0) is 10.1. The summed E-state index contributed by atoms with van der Waals surface area (Å²) >= 11 is 0. The SMILES string of the molecule is C=CCCCCC[C@H](NC)C(=O)O. The molecule has 0 radical (unpaired) electrons. The molecule has 0 amide bonds. The minimum Gasteiger partial charge on any atom is -0.480 e. The molecule has 13 heavy (non-hydrogen) atoms. The average molecular weight is 185 g/mol. The lowest BCUT2D eigenvalue weighted by Gasteiger charge is -2.09. The van der Waals surface area contributed by atoms with Gasteiger partial charge in [0.15, 0.2) is 0 Å². The Balaban J connectivity index is 3.38. The van der Waals surface area contributed by atoms with Crippen LogP contribution in [0.2, 0.25) is 0 Å². The Bertz CT molecular complexity index is 157. The second kappa shape index (κ2) is 7.80. The van der Waals surface area contributed by atoms with Crippen molar-refractivity contribution < 1.29 is 9.90 Å². The first-order valence-electron chi connectivity index (χ1n) is 4.73. The standard InChI is InChI=1S/C10H19NO2/c1-3-4-5-6-7-8-9(11-2)10(12)13/h3,9,11H,1,4-8H2,2H3,(H,12,13)/t9-/m0/s1. The van der Waals surface area contributed by atoms with Crippen LogP contribution in [0.5, 0.6) is 0 Å². The molecule has 0 aromatic rings. The molecule has 3 heteroatoms. The van der Waals surface area contributed by atoms with Crippen molar-refractivity contribution in [2.24, 2.45) is 0 Å². The topological polar surface area (TPSA) is 49.3 Å². The van der Waals surface area contributed by atoms with Gasteiger partial charge in [0.1, 0.15) is 6.04 Å². The summed E-state index contributed by atoms with van der Waals surface area (Å²) < 4.78 is 0. The van der Waals surface area contributed by atoms with Crippen LogP contribution in [0.25, 0.3) is 0 Å². The summed E-state index contributed by atoms with van der Waals surface area (Å²) in [5, 5.41) is 11.5. The molecule has 0 aliphatic carbocycles. The number of allylic oxidation sites excluding steroid dienone is 1. The van der Waals surface area contributed by atoms with Crippen LogP contribution in [0, 0.1) is 0 Å². The van der Waals surface area contributed by atoms with E-state index in [-0.39, 0.29) is 6.04 Å². The van der Waals surface area contributed by atoms with Crippen molar-refractivity contribution in [3.8, 4) is 0 Å². The number of unbranched alkanes of at least 4 members (excludes halogenated alkanes) is 3. The first-order valence-corrected chi connectivity index (χ1v) is 4.73. The average Bonchev–Trinajstić information content (AvgIpc) is 2.10. The molecule has 0 rings (SSSR count). The monoisotopic (exact) mass is 185 g/mol. The van der Waals surface area contributed by atoms with E-state index in [2.05, 4.69) is 11.9 Å². The van der Waals surface area contributed by atoms with E-state index >= 15 is 0 Å². The lowest BCUT2D eigenvalue weighted by atomic mass is 10.1. The number of hydrogen-bond donors (Lipinski definition) is 2. The number of likely N-dealkylation sites (N-methyl/N-ethyl adjacent to an activating group) is 1. The maximum atomic E-state index is 10.6. The van der Waals surface area contributed by atoms with Gasteiger partial charge in [-0.2, -0.15) is 0 Å². The van der Waals surface area contributed by atoms with Crippen LogP contribution < -0.4 is 5.32 Å². The Hall–Kier alpha value is -0.830. The normalized spacial score (nSPS) is 12.4. The summed E-state index contributed by atoms with van der Waals surface area (Å²) in [5.41, 5.74) is 0. The third-order valence-corrected chi connectivity index (χ3v) is 2.05. The Labute approximate surface area is 79.8 Å². The molecule has 0 unspecified atom stereocenters. The smallest absolute Gasteiger partial charge is 0.320 e. The number of carbonyl (C=O) groups is 1. The minimum atomic E-state index is -0.758. The third-order valence-electron chi connectivity index (χ3n) is 2.05. The molecule has 0 aromatic heterocycles. The molecule has 0 aliphatic rings. The number of carboxylic acid groups (broad SMARTS) is 1. The highest BCUT2D eigenvalue weighted by atomic mass is 16.4. The van der Waals surface area contributed by atoms with Crippen molar-refractivity contribution in [3.05, 3.63) is 12.7 Å². The molecule has 0 saturated carbocycles. The lowest BCUT2D eigenvalue weighted by Crippen LogP contribution is -2.33. The number of hydrogen-bond acceptors (Lipinski definition) is 2. The van der Waals surface area contributed by atoms with Gasteiger partial charge in [0.05, 0.1) is 0 Å². The molecular formula is C10H19NO2. The molecule has 0 heterocycles. The molecule has 0 fully saturated rings. The van der Waals surface area contributed by atoms with Gasteiger partial charge in [-0.05, 0) is 26.3 Å². The van der Waals surface area contributed by atoms with Gasteiger partial charge in [-0.15, -0.1) is 6.58 Å². The zero-order valence-corrected chi connectivity index (χ0v) is 8.25. The molecule has 0 aliphatic heterocycles. The highest BCUT2D eigenvalue weighted by Gasteiger charge is 2.12. The fraction of sp³-hybridized carbons (Fsp3) is 0.700. The van der Waals surface area contributed by atoms with Gasteiger partial charge in [-0.3, -0.25) is 4.79 Å². The second-order valence-corrected chi connectivity index (χ2v) is 3.11. The summed E-state index contributed by atoms with van der Waals surface area (Å²) in [4.78, 5) is 10.6. The van der Waals surface area contributed by atoms with Gasteiger partial charge in [-0.1, -0.05) is 18.9 Å². The van der Waals surface area contributed by atoms with E-state index in [1.54, 1.807) is 7.05 Å². The summed E-state index contributed by atoms with van der Waals surface area (Å²) in [6, 6.07) is -0.385. The maximum Gasteiger partial charge on any atom is 0.320 e. The minimum absolute atomic E-state index is 0.385. The summed E-state index contributed by atoms with van der Waals surface area (Å²) in [6.07, 6.45) is 6.79. The van der Waals surface area contributed by atoms with Gasteiger partial charge < -0.3 is 10.4 Å². The Morgan fingerprint density at radius 2 is 2.23 bits per heavy atom. The highest BCUT2D eigenvalue weighted by molar-refractivity contribution is 5.73. The van der Waals surface area contributed by atoms with E-state index in [4.69, 9.17) is 5.11 Å². The first kappa shape index (κ1) is 12.2. The van der Waals surface area contributed by atoms with Crippen molar-refractivity contribution in [2.75, 3.05) is 7.05 Å². The summed E-state index contributed by atoms with van der Waals surface area (Å²) in [7, 11) is 1.68. The number of rotatable bonds is 8. The van der Waals surface area contributed by atoms with E-state index in [0.29, 0.717) is 6.42 Å². The molecule has 1 atom stereocenters. The van der Waals surface area contributed by atoms with Crippen molar-refractivity contribution >= 4 is 5.97 Å². The van der Waals surface area contributed by atoms with Crippen LogP contribution in [0.3, 0.4) is 0 Å². The maximum absolute atomic E-state index is 10.6. The van der Waals surface area contributed by atoms with Crippen LogP contribution in [-0.4, -0.2) is 24.2 Å². The van der Waals surface area contributed by atoms with Crippen LogP contribution >= 0.6 is 0 Å². The van der Waals surface area contributed by atoms with E-state index < -0.39 is 5.97 Å². The Kier molecular flexibility index (Phi) is 7.30. The van der Waals surface area contributed by atoms with Crippen molar-refractivity contribution in [3.63, 3.8) is 0 Å². The van der Waals surface area contributed by atoms with Crippen molar-refractivity contribution in [1.29, 1.82) is 0 Å². The van der Waals surface area contributed by atoms with Crippen LogP contribution in [0.15, 0.2) is 12.7 Å². The number of nitrogens with one attached hydrogen (secondary N) is 1. The molecule has 76 valence electrons. The van der Waals surface area contributed by atoms with Gasteiger partial charge in [0.25, 0.3) is 0 Å². The third kappa shape index (κ3) is 6.34. The van der Waals surface area contributed by atoms with E-state index in [1.807, 2.05) is 6.08 Å². The van der Waals surface area contributed by atoms with E-state index in [9.17, 15) is 4.79 Å². The Morgan fingerprint density at radius 3 is 2.69 bits per heavy atom. The van der Waals surface area contributed by atoms with E-state index in [0.717, 1.165) is 25.7 Å². The van der Waals surface area contributed by atoms with Crippen LogP contribution in [0.4, 0.5) is 0 Å². The fourth-order valence-corrected chi connectivity index (χ4v) is 1.21. The second-order valence-electron chi connectivity index (χ2n) is 3.11. The molecule has 0 bridgehead atoms. The highest BCUT2D eigenvalue weighted by Crippen LogP contribution is 2.05. The van der Waals surface area contributed by atoms with Crippen LogP contribution in [-0.2, 0) is 4.79 Å². The van der Waals surface area contributed by atoms with Crippen molar-refractivity contribution in [2.45, 2.75) is 38.1 Å². The summed E-state index contributed by atoms with van der Waals surface area (Å²) in [6.45, 7) is 3.63. The van der Waals surface area contributed by atoms with E-state index in [1.165, 1.54) is 0 Å². The number of aliphatic carboxylic acids is 1. The largest absolute Gasteiger partial charge is 0.480 e. The predicted octanol–water partition coefficient (Wildman–Crippen LogP) is 1.80. The van der Waals surface area contributed by atoms with Gasteiger partial charge in [-0.25, -0.2) is 0 Å². The molecule has 0 aromatic carbocycles. The zero-order valence-electron chi connectivity index (χ0n) is 8.25. The van der Waals surface area contributed by atoms with Crippen LogP contribution in [0.1, 0.15) is 32.1 Å². The molecule has 0 saturated heterocycles. The number of carboxylic acids is 1. The molecule has 3 nitrogen and oxygen atoms in total. The Morgan fingerprint density at radius 1 is 1.54 bits per heavy atom. The van der Waals surface area contributed by atoms with Gasteiger partial charge in [0.2, 0.25) is 0 Å². The van der Waals surface area contributed by atoms with Crippen molar-refractivity contribution in [1.82, 2.24) is 5.32 Å².